The van der Waals surface area contributed by atoms with Crippen LogP contribution in [0.5, 0.6) is 0 Å². The topological polar surface area (TPSA) is 44.4 Å². The van der Waals surface area contributed by atoms with E-state index in [2.05, 4.69) is 36.4 Å². The first-order valence-corrected chi connectivity index (χ1v) is 6.29. The van der Waals surface area contributed by atoms with Crippen molar-refractivity contribution in [1.29, 1.82) is 0 Å². The average Bonchev–Trinajstić information content (AvgIpc) is 2.27. The van der Waals surface area contributed by atoms with Gasteiger partial charge in [-0.2, -0.15) is 0 Å². The van der Waals surface area contributed by atoms with Crippen LogP contribution in [-0.4, -0.2) is 50.1 Å². The van der Waals surface area contributed by atoms with Gasteiger partial charge in [-0.1, -0.05) is 6.92 Å². The van der Waals surface area contributed by atoms with Crippen LogP contribution in [-0.2, 0) is 4.79 Å². The van der Waals surface area contributed by atoms with Crippen molar-refractivity contribution in [2.75, 3.05) is 33.2 Å². The van der Waals surface area contributed by atoms with Gasteiger partial charge in [0.05, 0.1) is 0 Å². The molecule has 0 aromatic rings. The molecule has 0 saturated heterocycles. The van der Waals surface area contributed by atoms with Crippen LogP contribution >= 0.6 is 0 Å². The Morgan fingerprint density at radius 3 is 2.56 bits per heavy atom. The molecule has 0 heterocycles. The zero-order valence-electron chi connectivity index (χ0n) is 11.2. The summed E-state index contributed by atoms with van der Waals surface area (Å²) in [6, 6.07) is 0.630. The highest BCUT2D eigenvalue weighted by molar-refractivity contribution is 5.75. The van der Waals surface area contributed by atoms with E-state index in [0.717, 1.165) is 26.2 Å². The predicted octanol–water partition coefficient (Wildman–Crippen LogP) is 0.833. The summed E-state index contributed by atoms with van der Waals surface area (Å²) < 4.78 is 0. The van der Waals surface area contributed by atoms with Crippen LogP contribution in [0.4, 0.5) is 0 Å². The summed E-state index contributed by atoms with van der Waals surface area (Å²) >= 11 is 0. The maximum absolute atomic E-state index is 11.1. The monoisotopic (exact) mass is 229 g/mol. The van der Waals surface area contributed by atoms with E-state index >= 15 is 0 Å². The Bertz CT molecular complexity index is 185. The van der Waals surface area contributed by atoms with Gasteiger partial charge >= 0.3 is 0 Å². The summed E-state index contributed by atoms with van der Waals surface area (Å²) in [5.41, 5.74) is 0. The minimum atomic E-state index is 0.130. The van der Waals surface area contributed by atoms with Crippen LogP contribution in [0.25, 0.3) is 0 Å². The van der Waals surface area contributed by atoms with Crippen molar-refractivity contribution in [2.45, 2.75) is 39.7 Å². The largest absolute Gasteiger partial charge is 0.356 e. The Kier molecular flexibility index (Phi) is 9.24. The molecule has 0 aliphatic carbocycles. The summed E-state index contributed by atoms with van der Waals surface area (Å²) in [6.07, 6.45) is 1.75. The lowest BCUT2D eigenvalue weighted by Gasteiger charge is -2.23. The van der Waals surface area contributed by atoms with Gasteiger partial charge < -0.3 is 15.5 Å². The summed E-state index contributed by atoms with van der Waals surface area (Å²) in [6.45, 7) is 9.82. The van der Waals surface area contributed by atoms with Crippen molar-refractivity contribution in [2.24, 2.45) is 0 Å². The number of hydrogen-bond donors (Lipinski definition) is 2. The fraction of sp³-hybridized carbons (Fsp3) is 0.917. The summed E-state index contributed by atoms with van der Waals surface area (Å²) in [4.78, 5) is 13.5. The number of carbonyl (C=O) groups is 1. The lowest BCUT2D eigenvalue weighted by Crippen LogP contribution is -2.36. The van der Waals surface area contributed by atoms with Crippen molar-refractivity contribution < 1.29 is 4.79 Å². The van der Waals surface area contributed by atoms with Gasteiger partial charge in [-0.25, -0.2) is 0 Å². The lowest BCUT2D eigenvalue weighted by molar-refractivity contribution is -0.120. The maximum atomic E-state index is 11.1. The molecule has 0 fully saturated rings. The van der Waals surface area contributed by atoms with E-state index in [1.165, 1.54) is 6.42 Å². The quantitative estimate of drug-likeness (QED) is 0.576. The molecule has 2 N–H and O–H groups in total. The number of rotatable bonds is 9. The number of nitrogens with one attached hydrogen (secondary N) is 2. The molecule has 1 amide bonds. The molecule has 0 radical (unpaired) electrons. The number of likely N-dealkylation sites (N-methyl/N-ethyl adjacent to an activating group) is 1. The minimum Gasteiger partial charge on any atom is -0.356 e. The van der Waals surface area contributed by atoms with Gasteiger partial charge in [-0.15, -0.1) is 0 Å². The fourth-order valence-corrected chi connectivity index (χ4v) is 1.40. The molecule has 0 aromatic heterocycles. The van der Waals surface area contributed by atoms with Gasteiger partial charge in [-0.3, -0.25) is 4.79 Å². The Labute approximate surface area is 99.8 Å². The first-order chi connectivity index (χ1) is 7.61. The first kappa shape index (κ1) is 15.4. The van der Waals surface area contributed by atoms with Crippen LogP contribution in [0.15, 0.2) is 0 Å². The van der Waals surface area contributed by atoms with Gasteiger partial charge in [0.25, 0.3) is 0 Å². The van der Waals surface area contributed by atoms with E-state index in [-0.39, 0.29) is 5.91 Å². The molecule has 4 nitrogen and oxygen atoms in total. The molecular formula is C12H27N3O. The molecule has 0 bridgehead atoms. The van der Waals surface area contributed by atoms with E-state index in [1.54, 1.807) is 0 Å². The molecule has 16 heavy (non-hydrogen) atoms. The molecule has 0 aliphatic rings. The van der Waals surface area contributed by atoms with Gasteiger partial charge in [0.2, 0.25) is 5.91 Å². The smallest absolute Gasteiger partial charge is 0.221 e. The fourth-order valence-electron chi connectivity index (χ4n) is 1.40. The predicted molar refractivity (Wildman–Crippen MR) is 68.6 cm³/mol. The van der Waals surface area contributed by atoms with E-state index in [4.69, 9.17) is 0 Å². The second-order valence-corrected chi connectivity index (χ2v) is 4.19. The van der Waals surface area contributed by atoms with Crippen LogP contribution in [0.2, 0.25) is 0 Å². The molecule has 0 rings (SSSR count). The summed E-state index contributed by atoms with van der Waals surface area (Å²) in [7, 11) is 2.14. The minimum absolute atomic E-state index is 0.130. The molecule has 96 valence electrons. The van der Waals surface area contributed by atoms with Crippen LogP contribution in [0.1, 0.15) is 33.6 Å². The number of nitrogens with zero attached hydrogens (tertiary/aromatic N) is 1. The SMILES string of the molecule is CCNC(=O)CCNCCN(C)C(C)CC. The zero-order valence-corrected chi connectivity index (χ0v) is 11.2. The average molecular weight is 229 g/mol. The van der Waals surface area contributed by atoms with Crippen molar-refractivity contribution in [3.63, 3.8) is 0 Å². The van der Waals surface area contributed by atoms with Crippen molar-refractivity contribution >= 4 is 5.91 Å². The highest BCUT2D eigenvalue weighted by Crippen LogP contribution is 1.97. The van der Waals surface area contributed by atoms with Gasteiger partial charge in [0, 0.05) is 38.6 Å². The highest BCUT2D eigenvalue weighted by atomic mass is 16.1. The normalized spacial score (nSPS) is 12.8. The zero-order chi connectivity index (χ0) is 12.4. The van der Waals surface area contributed by atoms with Crippen molar-refractivity contribution in [1.82, 2.24) is 15.5 Å². The molecule has 0 saturated carbocycles. The summed E-state index contributed by atoms with van der Waals surface area (Å²) in [5.74, 6) is 0.130. The second-order valence-electron chi connectivity index (χ2n) is 4.19. The van der Waals surface area contributed by atoms with Gasteiger partial charge in [0.1, 0.15) is 0 Å². The molecular weight excluding hydrogens is 202 g/mol. The molecule has 0 aliphatic heterocycles. The number of hydrogen-bond acceptors (Lipinski definition) is 3. The van der Waals surface area contributed by atoms with E-state index in [0.29, 0.717) is 12.5 Å². The maximum Gasteiger partial charge on any atom is 0.221 e. The Morgan fingerprint density at radius 1 is 1.31 bits per heavy atom. The molecule has 0 spiro atoms. The molecule has 0 aromatic carbocycles. The van der Waals surface area contributed by atoms with Crippen molar-refractivity contribution in [3.8, 4) is 0 Å². The lowest BCUT2D eigenvalue weighted by atomic mass is 10.2. The number of carbonyl (C=O) groups excluding carboxylic acids is 1. The van der Waals surface area contributed by atoms with E-state index in [1.807, 2.05) is 6.92 Å². The molecule has 4 heteroatoms. The third-order valence-electron chi connectivity index (χ3n) is 2.89. The van der Waals surface area contributed by atoms with E-state index in [9.17, 15) is 4.79 Å². The van der Waals surface area contributed by atoms with Crippen LogP contribution < -0.4 is 10.6 Å². The third kappa shape index (κ3) is 7.65. The Balaban J connectivity index is 3.36. The Hall–Kier alpha value is -0.610. The Morgan fingerprint density at radius 2 is 2.00 bits per heavy atom. The van der Waals surface area contributed by atoms with Crippen molar-refractivity contribution in [3.05, 3.63) is 0 Å². The molecule has 1 unspecified atom stereocenters. The third-order valence-corrected chi connectivity index (χ3v) is 2.89. The second kappa shape index (κ2) is 9.60. The highest BCUT2D eigenvalue weighted by Gasteiger charge is 2.05. The van der Waals surface area contributed by atoms with Crippen LogP contribution in [0.3, 0.4) is 0 Å². The standard InChI is InChI=1S/C12H27N3O/c1-5-11(3)15(4)10-9-13-8-7-12(16)14-6-2/h11,13H,5-10H2,1-4H3,(H,14,16). The molecule has 1 atom stereocenters. The van der Waals surface area contributed by atoms with Crippen LogP contribution in [0, 0.1) is 0 Å². The first-order valence-electron chi connectivity index (χ1n) is 6.29. The van der Waals surface area contributed by atoms with Gasteiger partial charge in [-0.05, 0) is 27.3 Å². The number of amides is 1. The summed E-state index contributed by atoms with van der Waals surface area (Å²) in [5, 5.41) is 6.07. The van der Waals surface area contributed by atoms with Gasteiger partial charge in [0.15, 0.2) is 0 Å². The van der Waals surface area contributed by atoms with E-state index < -0.39 is 0 Å².